The van der Waals surface area contributed by atoms with Gasteiger partial charge in [0, 0.05) is 31.9 Å². The fourth-order valence-corrected chi connectivity index (χ4v) is 3.21. The van der Waals surface area contributed by atoms with Crippen molar-refractivity contribution >= 4 is 40.5 Å². The van der Waals surface area contributed by atoms with Crippen molar-refractivity contribution in [3.8, 4) is 0 Å². The minimum absolute atomic E-state index is 0.245. The van der Waals surface area contributed by atoms with Gasteiger partial charge in [-0.25, -0.2) is 4.39 Å². The van der Waals surface area contributed by atoms with Gasteiger partial charge in [-0.1, -0.05) is 23.7 Å². The third-order valence-corrected chi connectivity index (χ3v) is 4.79. The molecule has 0 spiro atoms. The summed E-state index contributed by atoms with van der Waals surface area (Å²) in [6.45, 7) is 2.85. The highest BCUT2D eigenvalue weighted by Crippen LogP contribution is 2.17. The highest BCUT2D eigenvalue weighted by Gasteiger charge is 2.21. The smallest absolute Gasteiger partial charge is 0.258 e. The molecule has 0 radical (unpaired) electrons. The summed E-state index contributed by atoms with van der Waals surface area (Å²) < 4.78 is 13.0. The molecule has 0 aromatic heterocycles. The number of anilines is 1. The van der Waals surface area contributed by atoms with Crippen LogP contribution in [-0.2, 0) is 0 Å². The summed E-state index contributed by atoms with van der Waals surface area (Å²) in [5.41, 5.74) is 1.38. The molecule has 0 saturated carbocycles. The predicted molar refractivity (Wildman–Crippen MR) is 102 cm³/mol. The van der Waals surface area contributed by atoms with Crippen molar-refractivity contribution in [2.75, 3.05) is 31.1 Å². The SMILES string of the molecule is O=C(NC(=S)N1CCN(c2ccc(F)cc2)CC1)c1ccccc1Cl. The average molecular weight is 378 g/mol. The summed E-state index contributed by atoms with van der Waals surface area (Å²) in [5, 5.41) is 3.52. The molecule has 4 nitrogen and oxygen atoms in total. The lowest BCUT2D eigenvalue weighted by Crippen LogP contribution is -2.52. The maximum Gasteiger partial charge on any atom is 0.258 e. The lowest BCUT2D eigenvalue weighted by molar-refractivity contribution is 0.0973. The summed E-state index contributed by atoms with van der Waals surface area (Å²) in [6, 6.07) is 13.3. The standard InChI is InChI=1S/C18H17ClFN3OS/c19-16-4-2-1-3-15(16)17(24)21-18(25)23-11-9-22(10-12-23)14-7-5-13(20)6-8-14/h1-8H,9-12H2,(H,21,24,25). The molecule has 1 heterocycles. The second kappa shape index (κ2) is 7.80. The number of hydrogen-bond donors (Lipinski definition) is 1. The van der Waals surface area contributed by atoms with Crippen LogP contribution in [0, 0.1) is 5.82 Å². The van der Waals surface area contributed by atoms with E-state index in [-0.39, 0.29) is 11.7 Å². The zero-order chi connectivity index (χ0) is 17.8. The van der Waals surface area contributed by atoms with E-state index in [0.29, 0.717) is 28.8 Å². The molecule has 25 heavy (non-hydrogen) atoms. The Labute approximate surface area is 156 Å². The molecular weight excluding hydrogens is 361 g/mol. The van der Waals surface area contributed by atoms with Crippen molar-refractivity contribution < 1.29 is 9.18 Å². The number of carbonyl (C=O) groups is 1. The van der Waals surface area contributed by atoms with Crippen LogP contribution in [0.1, 0.15) is 10.4 Å². The van der Waals surface area contributed by atoms with Gasteiger partial charge in [0.15, 0.2) is 5.11 Å². The number of halogens is 2. The Morgan fingerprint density at radius 3 is 2.32 bits per heavy atom. The average Bonchev–Trinajstić information content (AvgIpc) is 2.63. The Kier molecular flexibility index (Phi) is 5.50. The number of hydrogen-bond acceptors (Lipinski definition) is 3. The van der Waals surface area contributed by atoms with Crippen LogP contribution in [0.15, 0.2) is 48.5 Å². The van der Waals surface area contributed by atoms with E-state index in [1.54, 1.807) is 36.4 Å². The van der Waals surface area contributed by atoms with Crippen LogP contribution in [0.3, 0.4) is 0 Å². The van der Waals surface area contributed by atoms with Gasteiger partial charge in [0.2, 0.25) is 0 Å². The highest BCUT2D eigenvalue weighted by atomic mass is 35.5. The fraction of sp³-hybridized carbons (Fsp3) is 0.222. The number of thiocarbonyl (C=S) groups is 1. The highest BCUT2D eigenvalue weighted by molar-refractivity contribution is 7.80. The van der Waals surface area contributed by atoms with E-state index < -0.39 is 0 Å². The van der Waals surface area contributed by atoms with E-state index >= 15 is 0 Å². The molecule has 1 saturated heterocycles. The van der Waals surface area contributed by atoms with E-state index in [2.05, 4.69) is 10.2 Å². The topological polar surface area (TPSA) is 35.6 Å². The molecule has 3 rings (SSSR count). The van der Waals surface area contributed by atoms with E-state index in [0.717, 1.165) is 18.8 Å². The Hall–Kier alpha value is -2.18. The van der Waals surface area contributed by atoms with Crippen LogP contribution in [-0.4, -0.2) is 42.1 Å². The van der Waals surface area contributed by atoms with Crippen molar-refractivity contribution in [3.63, 3.8) is 0 Å². The van der Waals surface area contributed by atoms with Crippen molar-refractivity contribution in [3.05, 3.63) is 64.9 Å². The third kappa shape index (κ3) is 4.27. The summed E-state index contributed by atoms with van der Waals surface area (Å²) in [4.78, 5) is 16.4. The van der Waals surface area contributed by atoms with Gasteiger partial charge >= 0.3 is 0 Å². The van der Waals surface area contributed by atoms with Gasteiger partial charge < -0.3 is 9.80 Å². The maximum absolute atomic E-state index is 13.0. The Balaban J connectivity index is 1.56. The van der Waals surface area contributed by atoms with E-state index in [4.69, 9.17) is 23.8 Å². The molecule has 1 aliphatic rings. The number of rotatable bonds is 2. The summed E-state index contributed by atoms with van der Waals surface area (Å²) in [6.07, 6.45) is 0. The number of carbonyl (C=O) groups excluding carboxylic acids is 1. The van der Waals surface area contributed by atoms with Crippen LogP contribution in [0.5, 0.6) is 0 Å². The minimum atomic E-state index is -0.309. The molecule has 0 bridgehead atoms. The van der Waals surface area contributed by atoms with E-state index in [1.807, 2.05) is 4.90 Å². The molecule has 1 fully saturated rings. The Bertz CT molecular complexity index is 776. The van der Waals surface area contributed by atoms with Crippen LogP contribution in [0.2, 0.25) is 5.02 Å². The zero-order valence-corrected chi connectivity index (χ0v) is 15.0. The van der Waals surface area contributed by atoms with Crippen LogP contribution in [0.25, 0.3) is 0 Å². The molecule has 7 heteroatoms. The molecule has 0 unspecified atom stereocenters. The minimum Gasteiger partial charge on any atom is -0.368 e. The summed E-state index contributed by atoms with van der Waals surface area (Å²) in [5.74, 6) is -0.553. The largest absolute Gasteiger partial charge is 0.368 e. The van der Waals surface area contributed by atoms with Crippen LogP contribution < -0.4 is 10.2 Å². The molecule has 2 aromatic rings. The molecule has 1 aliphatic heterocycles. The predicted octanol–water partition coefficient (Wildman–Crippen LogP) is 3.32. The number of amides is 1. The van der Waals surface area contributed by atoms with Gasteiger partial charge in [-0.3, -0.25) is 10.1 Å². The quantitative estimate of drug-likeness (QED) is 0.814. The second-order valence-electron chi connectivity index (χ2n) is 5.69. The summed E-state index contributed by atoms with van der Waals surface area (Å²) in [7, 11) is 0. The maximum atomic E-state index is 13.0. The fourth-order valence-electron chi connectivity index (χ4n) is 2.71. The van der Waals surface area contributed by atoms with Crippen molar-refractivity contribution in [1.82, 2.24) is 10.2 Å². The number of piperazine rings is 1. The van der Waals surface area contributed by atoms with E-state index in [1.165, 1.54) is 12.1 Å². The monoisotopic (exact) mass is 377 g/mol. The first-order chi connectivity index (χ1) is 12.0. The van der Waals surface area contributed by atoms with E-state index in [9.17, 15) is 9.18 Å². The van der Waals surface area contributed by atoms with Gasteiger partial charge in [0.05, 0.1) is 10.6 Å². The number of benzene rings is 2. The van der Waals surface area contributed by atoms with Crippen molar-refractivity contribution in [1.29, 1.82) is 0 Å². The first kappa shape index (κ1) is 17.6. The number of nitrogens with one attached hydrogen (secondary N) is 1. The lowest BCUT2D eigenvalue weighted by Gasteiger charge is -2.37. The first-order valence-electron chi connectivity index (χ1n) is 7.90. The van der Waals surface area contributed by atoms with Crippen LogP contribution >= 0.6 is 23.8 Å². The number of nitrogens with zero attached hydrogens (tertiary/aromatic N) is 2. The van der Waals surface area contributed by atoms with Crippen molar-refractivity contribution in [2.24, 2.45) is 0 Å². The van der Waals surface area contributed by atoms with Gasteiger partial charge in [-0.2, -0.15) is 0 Å². The third-order valence-electron chi connectivity index (χ3n) is 4.10. The Morgan fingerprint density at radius 2 is 1.68 bits per heavy atom. The second-order valence-corrected chi connectivity index (χ2v) is 6.48. The molecule has 1 N–H and O–H groups in total. The molecule has 0 atom stereocenters. The van der Waals surface area contributed by atoms with Crippen LogP contribution in [0.4, 0.5) is 10.1 Å². The van der Waals surface area contributed by atoms with Gasteiger partial charge in [-0.15, -0.1) is 0 Å². The van der Waals surface area contributed by atoms with Gasteiger partial charge in [0.1, 0.15) is 5.82 Å². The normalized spacial score (nSPS) is 14.3. The molecular formula is C18H17ClFN3OS. The first-order valence-corrected chi connectivity index (χ1v) is 8.68. The molecule has 1 amide bonds. The van der Waals surface area contributed by atoms with Crippen molar-refractivity contribution in [2.45, 2.75) is 0 Å². The van der Waals surface area contributed by atoms with Gasteiger partial charge in [-0.05, 0) is 48.6 Å². The lowest BCUT2D eigenvalue weighted by atomic mass is 10.2. The van der Waals surface area contributed by atoms with Gasteiger partial charge in [0.25, 0.3) is 5.91 Å². The molecule has 0 aliphatic carbocycles. The summed E-state index contributed by atoms with van der Waals surface area (Å²) >= 11 is 11.4. The Morgan fingerprint density at radius 1 is 1.04 bits per heavy atom. The molecule has 130 valence electrons. The zero-order valence-electron chi connectivity index (χ0n) is 13.4. The molecule has 2 aromatic carbocycles.